The summed E-state index contributed by atoms with van der Waals surface area (Å²) in [4.78, 5) is 4.61. The third-order valence-corrected chi connectivity index (χ3v) is 4.42. The molecule has 3 atom stereocenters. The standard InChI is InChI=1S/C19H31N3O2/c1-4-20-19(22-13-16-9-7-10-17(16)23)21-12-15(3)24-18-11-6-5-8-14(18)2/h5-6,8,11,15-17,23H,4,7,9-10,12-13H2,1-3H3,(H2,20,21,22). The van der Waals surface area contributed by atoms with Gasteiger partial charge in [-0.3, -0.25) is 0 Å². The predicted octanol–water partition coefficient (Wildman–Crippen LogP) is 2.48. The average molecular weight is 333 g/mol. The Labute approximate surface area is 145 Å². The van der Waals surface area contributed by atoms with Crippen molar-refractivity contribution < 1.29 is 9.84 Å². The number of aliphatic hydroxyl groups excluding tert-OH is 1. The Morgan fingerprint density at radius 1 is 1.33 bits per heavy atom. The Balaban J connectivity index is 1.84. The zero-order chi connectivity index (χ0) is 17.4. The minimum atomic E-state index is -0.177. The van der Waals surface area contributed by atoms with Crippen molar-refractivity contribution in [3.05, 3.63) is 29.8 Å². The number of guanidine groups is 1. The molecule has 0 radical (unpaired) electrons. The quantitative estimate of drug-likeness (QED) is 0.530. The van der Waals surface area contributed by atoms with E-state index >= 15 is 0 Å². The molecule has 0 saturated heterocycles. The molecule has 1 aliphatic rings. The van der Waals surface area contributed by atoms with Crippen LogP contribution in [0.5, 0.6) is 5.75 Å². The van der Waals surface area contributed by atoms with Crippen LogP contribution in [0.25, 0.3) is 0 Å². The van der Waals surface area contributed by atoms with Gasteiger partial charge in [0.15, 0.2) is 5.96 Å². The number of aliphatic hydroxyl groups is 1. The van der Waals surface area contributed by atoms with E-state index in [1.807, 2.05) is 38.1 Å². The number of hydrogen-bond donors (Lipinski definition) is 3. The smallest absolute Gasteiger partial charge is 0.191 e. The van der Waals surface area contributed by atoms with Crippen LogP contribution in [0.3, 0.4) is 0 Å². The molecular weight excluding hydrogens is 302 g/mol. The van der Waals surface area contributed by atoms with E-state index in [-0.39, 0.29) is 12.2 Å². The molecule has 5 heteroatoms. The summed E-state index contributed by atoms with van der Waals surface area (Å²) >= 11 is 0. The summed E-state index contributed by atoms with van der Waals surface area (Å²) in [5.41, 5.74) is 1.13. The Morgan fingerprint density at radius 3 is 2.79 bits per heavy atom. The van der Waals surface area contributed by atoms with E-state index in [0.29, 0.717) is 12.5 Å². The van der Waals surface area contributed by atoms with Gasteiger partial charge in [-0.25, -0.2) is 4.99 Å². The molecule has 0 heterocycles. The first-order chi connectivity index (χ1) is 11.6. The number of nitrogens with one attached hydrogen (secondary N) is 2. The number of benzene rings is 1. The van der Waals surface area contributed by atoms with Crippen molar-refractivity contribution in [2.24, 2.45) is 10.9 Å². The Bertz CT molecular complexity index is 533. The molecule has 3 N–H and O–H groups in total. The zero-order valence-electron chi connectivity index (χ0n) is 15.1. The van der Waals surface area contributed by atoms with Crippen LogP contribution in [0, 0.1) is 12.8 Å². The number of aryl methyl sites for hydroxylation is 1. The molecule has 1 saturated carbocycles. The first kappa shape index (κ1) is 18.6. The van der Waals surface area contributed by atoms with Crippen molar-refractivity contribution in [3.63, 3.8) is 0 Å². The highest BCUT2D eigenvalue weighted by atomic mass is 16.5. The third kappa shape index (κ3) is 5.71. The zero-order valence-corrected chi connectivity index (χ0v) is 15.1. The summed E-state index contributed by atoms with van der Waals surface area (Å²) in [6, 6.07) is 8.02. The number of nitrogens with zero attached hydrogens (tertiary/aromatic N) is 1. The highest BCUT2D eigenvalue weighted by molar-refractivity contribution is 5.79. The third-order valence-electron chi connectivity index (χ3n) is 4.42. The van der Waals surface area contributed by atoms with Gasteiger partial charge in [-0.05, 0) is 45.2 Å². The van der Waals surface area contributed by atoms with E-state index in [1.54, 1.807) is 0 Å². The van der Waals surface area contributed by atoms with Crippen molar-refractivity contribution in [2.45, 2.75) is 52.2 Å². The maximum atomic E-state index is 9.92. The lowest BCUT2D eigenvalue weighted by Gasteiger charge is -2.19. The average Bonchev–Trinajstić information content (AvgIpc) is 2.97. The van der Waals surface area contributed by atoms with E-state index in [9.17, 15) is 5.11 Å². The fourth-order valence-electron chi connectivity index (χ4n) is 2.99. The Hall–Kier alpha value is -1.75. The van der Waals surface area contributed by atoms with Gasteiger partial charge in [0, 0.05) is 19.0 Å². The van der Waals surface area contributed by atoms with Crippen LogP contribution in [0.2, 0.25) is 0 Å². The largest absolute Gasteiger partial charge is 0.489 e. The van der Waals surface area contributed by atoms with Gasteiger partial charge in [-0.15, -0.1) is 0 Å². The van der Waals surface area contributed by atoms with Gasteiger partial charge in [0.05, 0.1) is 12.6 Å². The number of aliphatic imine (C=N–C) groups is 1. The van der Waals surface area contributed by atoms with Gasteiger partial charge >= 0.3 is 0 Å². The van der Waals surface area contributed by atoms with E-state index < -0.39 is 0 Å². The van der Waals surface area contributed by atoms with Crippen LogP contribution in [0.1, 0.15) is 38.7 Å². The summed E-state index contributed by atoms with van der Waals surface area (Å²) in [6.07, 6.45) is 2.94. The van der Waals surface area contributed by atoms with Crippen molar-refractivity contribution in [3.8, 4) is 5.75 Å². The highest BCUT2D eigenvalue weighted by Crippen LogP contribution is 2.24. The molecule has 1 fully saturated rings. The van der Waals surface area contributed by atoms with Gasteiger partial charge in [0.25, 0.3) is 0 Å². The normalized spacial score (nSPS) is 22.2. The van der Waals surface area contributed by atoms with Gasteiger partial charge in [-0.2, -0.15) is 0 Å². The molecule has 24 heavy (non-hydrogen) atoms. The van der Waals surface area contributed by atoms with Crippen molar-refractivity contribution >= 4 is 5.96 Å². The minimum absolute atomic E-state index is 0.00127. The van der Waals surface area contributed by atoms with Crippen LogP contribution >= 0.6 is 0 Å². The summed E-state index contributed by atoms with van der Waals surface area (Å²) in [5, 5.41) is 16.5. The summed E-state index contributed by atoms with van der Waals surface area (Å²) in [7, 11) is 0. The SMILES string of the molecule is CCNC(=NCC(C)Oc1ccccc1C)NCC1CCCC1O. The first-order valence-electron chi connectivity index (χ1n) is 9.02. The second kappa shape index (κ2) is 9.52. The monoisotopic (exact) mass is 333 g/mol. The number of para-hydroxylation sites is 1. The molecular formula is C19H31N3O2. The number of ether oxygens (including phenoxy) is 1. The molecule has 0 amide bonds. The van der Waals surface area contributed by atoms with E-state index in [4.69, 9.17) is 4.74 Å². The van der Waals surface area contributed by atoms with E-state index in [1.165, 1.54) is 0 Å². The molecule has 1 aliphatic carbocycles. The second-order valence-electron chi connectivity index (χ2n) is 6.55. The van der Waals surface area contributed by atoms with E-state index in [0.717, 1.165) is 49.6 Å². The van der Waals surface area contributed by atoms with Gasteiger partial charge < -0.3 is 20.5 Å². The lowest BCUT2D eigenvalue weighted by molar-refractivity contribution is 0.134. The summed E-state index contributed by atoms with van der Waals surface area (Å²) in [5.74, 6) is 2.03. The highest BCUT2D eigenvalue weighted by Gasteiger charge is 2.25. The van der Waals surface area contributed by atoms with Crippen molar-refractivity contribution in [1.82, 2.24) is 10.6 Å². The maximum absolute atomic E-state index is 9.92. The first-order valence-corrected chi connectivity index (χ1v) is 9.02. The summed E-state index contributed by atoms with van der Waals surface area (Å²) in [6.45, 7) is 8.28. The molecule has 5 nitrogen and oxygen atoms in total. The molecule has 2 rings (SSSR count). The molecule has 0 bridgehead atoms. The Kier molecular flexibility index (Phi) is 7.37. The Morgan fingerprint density at radius 2 is 2.12 bits per heavy atom. The van der Waals surface area contributed by atoms with Crippen LogP contribution in [-0.2, 0) is 0 Å². The lowest BCUT2D eigenvalue weighted by atomic mass is 10.1. The van der Waals surface area contributed by atoms with Crippen LogP contribution in [0.15, 0.2) is 29.3 Å². The van der Waals surface area contributed by atoms with Crippen molar-refractivity contribution in [1.29, 1.82) is 0 Å². The van der Waals surface area contributed by atoms with Gasteiger partial charge in [-0.1, -0.05) is 24.6 Å². The van der Waals surface area contributed by atoms with Gasteiger partial charge in [0.2, 0.25) is 0 Å². The van der Waals surface area contributed by atoms with E-state index in [2.05, 4.69) is 22.5 Å². The fourth-order valence-corrected chi connectivity index (χ4v) is 2.99. The maximum Gasteiger partial charge on any atom is 0.191 e. The molecule has 1 aromatic rings. The second-order valence-corrected chi connectivity index (χ2v) is 6.55. The van der Waals surface area contributed by atoms with Crippen LogP contribution in [0.4, 0.5) is 0 Å². The number of hydrogen-bond acceptors (Lipinski definition) is 3. The lowest BCUT2D eigenvalue weighted by Crippen LogP contribution is -2.41. The molecule has 0 spiro atoms. The van der Waals surface area contributed by atoms with Crippen LogP contribution < -0.4 is 15.4 Å². The molecule has 0 aliphatic heterocycles. The fraction of sp³-hybridized carbons (Fsp3) is 0.632. The number of rotatable bonds is 7. The van der Waals surface area contributed by atoms with Gasteiger partial charge in [0.1, 0.15) is 11.9 Å². The topological polar surface area (TPSA) is 65.9 Å². The summed E-state index contributed by atoms with van der Waals surface area (Å²) < 4.78 is 5.97. The molecule has 0 aromatic heterocycles. The molecule has 3 unspecified atom stereocenters. The van der Waals surface area contributed by atoms with Crippen molar-refractivity contribution in [2.75, 3.05) is 19.6 Å². The molecule has 134 valence electrons. The molecule has 1 aromatic carbocycles. The predicted molar refractivity (Wildman–Crippen MR) is 98.6 cm³/mol. The minimum Gasteiger partial charge on any atom is -0.489 e. The van der Waals surface area contributed by atoms with Crippen LogP contribution in [-0.4, -0.2) is 42.9 Å².